The number of aromatic nitrogens is 6. The van der Waals surface area contributed by atoms with E-state index in [1.165, 1.54) is 0 Å². The highest BCUT2D eigenvalue weighted by Crippen LogP contribution is 2.23. The fourth-order valence-electron chi connectivity index (χ4n) is 1.53. The van der Waals surface area contributed by atoms with E-state index in [1.54, 1.807) is 4.52 Å². The van der Waals surface area contributed by atoms with Gasteiger partial charge in [0.1, 0.15) is 16.6 Å². The molecule has 3 heterocycles. The lowest BCUT2D eigenvalue weighted by Crippen LogP contribution is -2.01. The molecule has 13 heavy (non-hydrogen) atoms. The Labute approximate surface area is 70.9 Å². The monoisotopic (exact) mass is 170 g/mol. The van der Waals surface area contributed by atoms with Gasteiger partial charge in [0, 0.05) is 0 Å². The second kappa shape index (κ2) is 1.49. The molecule has 60 valence electrons. The average Bonchev–Trinajstić information content (AvgIpc) is 2.25. The van der Waals surface area contributed by atoms with Crippen LogP contribution in [0.15, 0.2) is 12.1 Å². The first-order valence-electron chi connectivity index (χ1n) is 3.83. The summed E-state index contributed by atoms with van der Waals surface area (Å²) in [6, 6.07) is 3.84. The molecule has 4 aromatic rings. The van der Waals surface area contributed by atoms with Crippen LogP contribution in [-0.4, -0.2) is 30.0 Å². The molecular formula is C7H2N6. The fourth-order valence-corrected chi connectivity index (χ4v) is 1.53. The second-order valence-corrected chi connectivity index (χ2v) is 2.91. The third-order valence-corrected chi connectivity index (χ3v) is 2.22. The van der Waals surface area contributed by atoms with E-state index >= 15 is 0 Å². The average molecular weight is 170 g/mol. The minimum Gasteiger partial charge on any atom is -0.205 e. The van der Waals surface area contributed by atoms with Gasteiger partial charge < -0.3 is 0 Å². The molecule has 6 nitrogen and oxygen atoms in total. The van der Waals surface area contributed by atoms with Crippen LogP contribution in [-0.2, 0) is 0 Å². The van der Waals surface area contributed by atoms with E-state index in [-0.39, 0.29) is 0 Å². The second-order valence-electron chi connectivity index (χ2n) is 2.91. The summed E-state index contributed by atoms with van der Waals surface area (Å²) in [6.45, 7) is 0. The van der Waals surface area contributed by atoms with Crippen LogP contribution in [0.2, 0.25) is 0 Å². The van der Waals surface area contributed by atoms with Gasteiger partial charge in [-0.3, -0.25) is 0 Å². The van der Waals surface area contributed by atoms with E-state index in [4.69, 9.17) is 0 Å². The highest BCUT2D eigenvalue weighted by molar-refractivity contribution is 6.02. The van der Waals surface area contributed by atoms with Crippen molar-refractivity contribution in [3.05, 3.63) is 12.1 Å². The van der Waals surface area contributed by atoms with Gasteiger partial charge in [-0.1, -0.05) is 10.3 Å². The molecule has 0 atom stereocenters. The summed E-state index contributed by atoms with van der Waals surface area (Å²) in [4.78, 5) is 4.26. The van der Waals surface area contributed by atoms with Crippen LogP contribution in [0.4, 0.5) is 0 Å². The van der Waals surface area contributed by atoms with Crippen molar-refractivity contribution in [2.75, 3.05) is 0 Å². The summed E-state index contributed by atoms with van der Waals surface area (Å²) in [5.41, 5.74) is 3.53. The standard InChI is InChI=1S/C7H2N6/c1-2-4-6(5-3(1)9-10-5)8-7-11-12-13(4)7/h1-2H. The normalized spacial score (nSPS) is 12.6. The molecule has 0 bridgehead atoms. The smallest absolute Gasteiger partial charge is 0.205 e. The van der Waals surface area contributed by atoms with E-state index in [0.717, 1.165) is 22.1 Å². The molecular weight excluding hydrogens is 168 g/mol. The number of imidazole rings is 1. The molecule has 0 spiro atoms. The zero-order valence-electron chi connectivity index (χ0n) is 6.34. The van der Waals surface area contributed by atoms with Crippen molar-refractivity contribution in [3.63, 3.8) is 0 Å². The summed E-state index contributed by atoms with van der Waals surface area (Å²) in [7, 11) is 0. The predicted octanol–water partition coefficient (Wildman–Crippen LogP) is 0.0963. The Morgan fingerprint density at radius 3 is 2.69 bits per heavy atom. The number of fused-ring (bicyclic) bond motifs is 5. The Morgan fingerprint density at radius 1 is 1.00 bits per heavy atom. The number of nitrogens with zero attached hydrogens (tertiary/aromatic N) is 6. The lowest BCUT2D eigenvalue weighted by Gasteiger charge is -1.97. The highest BCUT2D eigenvalue weighted by atomic mass is 15.5. The van der Waals surface area contributed by atoms with Crippen LogP contribution in [0.25, 0.3) is 27.8 Å². The lowest BCUT2D eigenvalue weighted by molar-refractivity contribution is 0.751. The van der Waals surface area contributed by atoms with Crippen LogP contribution < -0.4 is 0 Å². The molecule has 0 N–H and O–H groups in total. The quantitative estimate of drug-likeness (QED) is 0.374. The zero-order valence-corrected chi connectivity index (χ0v) is 6.34. The molecule has 0 fully saturated rings. The molecule has 3 aromatic heterocycles. The molecule has 0 unspecified atom stereocenters. The molecule has 0 aliphatic carbocycles. The van der Waals surface area contributed by atoms with E-state index in [2.05, 4.69) is 25.5 Å². The summed E-state index contributed by atoms with van der Waals surface area (Å²) >= 11 is 0. The molecule has 0 saturated heterocycles. The maximum atomic E-state index is 4.26. The van der Waals surface area contributed by atoms with Gasteiger partial charge in [0.05, 0.1) is 5.52 Å². The van der Waals surface area contributed by atoms with Crippen LogP contribution in [0.5, 0.6) is 0 Å². The first-order chi connectivity index (χ1) is 6.43. The number of rotatable bonds is 0. The molecule has 0 amide bonds. The Hall–Kier alpha value is -2.11. The van der Waals surface area contributed by atoms with Crippen molar-refractivity contribution in [1.82, 2.24) is 30.0 Å². The third-order valence-electron chi connectivity index (χ3n) is 2.22. The van der Waals surface area contributed by atoms with Crippen LogP contribution in [0.3, 0.4) is 0 Å². The van der Waals surface area contributed by atoms with Gasteiger partial charge in [-0.05, 0) is 12.1 Å². The number of benzene rings is 1. The minimum atomic E-state index is 0.644. The van der Waals surface area contributed by atoms with Gasteiger partial charge >= 0.3 is 0 Å². The first kappa shape index (κ1) is 5.52. The Morgan fingerprint density at radius 2 is 2.00 bits per heavy atom. The number of hydrogen-bond donors (Lipinski definition) is 0. The van der Waals surface area contributed by atoms with Gasteiger partial charge in [0.15, 0.2) is 0 Å². The van der Waals surface area contributed by atoms with Crippen molar-refractivity contribution < 1.29 is 0 Å². The van der Waals surface area contributed by atoms with Crippen LogP contribution in [0, 0.1) is 0 Å². The molecule has 1 aromatic carbocycles. The molecule has 6 heteroatoms. The first-order valence-corrected chi connectivity index (χ1v) is 3.83. The maximum Gasteiger partial charge on any atom is 0.274 e. The van der Waals surface area contributed by atoms with E-state index in [0.29, 0.717) is 5.78 Å². The van der Waals surface area contributed by atoms with Gasteiger partial charge in [-0.15, -0.1) is 10.2 Å². The van der Waals surface area contributed by atoms with E-state index < -0.39 is 0 Å². The minimum absolute atomic E-state index is 0.644. The summed E-state index contributed by atoms with van der Waals surface area (Å²) in [5, 5.41) is 15.4. The van der Waals surface area contributed by atoms with Gasteiger partial charge in [0.25, 0.3) is 5.78 Å². The SMILES string of the molecule is c1cc2c(nc3nnn32)c2nnc12. The van der Waals surface area contributed by atoms with Crippen molar-refractivity contribution in [3.8, 4) is 0 Å². The van der Waals surface area contributed by atoms with Crippen LogP contribution >= 0.6 is 0 Å². The molecule has 0 radical (unpaired) electrons. The molecule has 4 rings (SSSR count). The third kappa shape index (κ3) is 0.452. The maximum absolute atomic E-state index is 4.26. The molecule has 0 aliphatic rings. The predicted molar refractivity (Wildman–Crippen MR) is 43.8 cm³/mol. The number of hydrogen-bond acceptors (Lipinski definition) is 5. The summed E-state index contributed by atoms with van der Waals surface area (Å²) in [5.74, 6) is 0.644. The Kier molecular flexibility index (Phi) is 0.634. The van der Waals surface area contributed by atoms with Crippen molar-refractivity contribution in [2.45, 2.75) is 0 Å². The molecule has 0 aliphatic heterocycles. The van der Waals surface area contributed by atoms with Crippen LogP contribution in [0.1, 0.15) is 0 Å². The van der Waals surface area contributed by atoms with Crippen molar-refractivity contribution in [2.24, 2.45) is 0 Å². The fraction of sp³-hybridized carbons (Fsp3) is 0. The largest absolute Gasteiger partial charge is 0.274 e. The van der Waals surface area contributed by atoms with E-state index in [1.807, 2.05) is 12.1 Å². The summed E-state index contributed by atoms with van der Waals surface area (Å²) in [6.07, 6.45) is 0. The highest BCUT2D eigenvalue weighted by Gasteiger charge is 2.15. The topological polar surface area (TPSA) is 68.9 Å². The van der Waals surface area contributed by atoms with Gasteiger partial charge in [0.2, 0.25) is 0 Å². The summed E-state index contributed by atoms with van der Waals surface area (Å²) < 4.78 is 1.70. The molecule has 0 saturated carbocycles. The van der Waals surface area contributed by atoms with Gasteiger partial charge in [-0.25, -0.2) is 4.98 Å². The van der Waals surface area contributed by atoms with Crippen molar-refractivity contribution >= 4 is 27.8 Å². The lowest BCUT2D eigenvalue weighted by atomic mass is 10.2. The Bertz CT molecular complexity index is 698. The Balaban J connectivity index is 2.44. The zero-order chi connectivity index (χ0) is 8.41. The van der Waals surface area contributed by atoms with Crippen molar-refractivity contribution in [1.29, 1.82) is 0 Å². The van der Waals surface area contributed by atoms with E-state index in [9.17, 15) is 0 Å². The van der Waals surface area contributed by atoms with Gasteiger partial charge in [-0.2, -0.15) is 4.52 Å².